The predicted octanol–water partition coefficient (Wildman–Crippen LogP) is 1.03. The normalized spacial score (nSPS) is 28.2. The second kappa shape index (κ2) is 7.19. The Balaban J connectivity index is 1.23. The van der Waals surface area contributed by atoms with Crippen LogP contribution in [0.25, 0.3) is 0 Å². The highest BCUT2D eigenvalue weighted by Crippen LogP contribution is 2.38. The molecular formula is C17H27N5O2. The fraction of sp³-hybridized carbons (Fsp3) is 0.824. The van der Waals surface area contributed by atoms with Crippen LogP contribution in [0.4, 0.5) is 0 Å². The summed E-state index contributed by atoms with van der Waals surface area (Å²) in [5.74, 6) is 2.83. The first-order chi connectivity index (χ1) is 11.8. The number of rotatable bonds is 6. The summed E-state index contributed by atoms with van der Waals surface area (Å²) in [6.07, 6.45) is 6.78. The summed E-state index contributed by atoms with van der Waals surface area (Å²) in [5, 5.41) is 10.5. The number of piperidine rings is 1. The Bertz CT molecular complexity index is 565. The first-order valence-corrected chi connectivity index (χ1v) is 9.34. The molecule has 2 unspecified atom stereocenters. The average Bonchev–Trinajstić information content (AvgIpc) is 3.10. The maximum atomic E-state index is 12.1. The minimum atomic E-state index is 0.0175. The molecule has 1 saturated carbocycles. The highest BCUT2D eigenvalue weighted by atomic mass is 16.5. The lowest BCUT2D eigenvalue weighted by molar-refractivity contribution is -0.123. The molecule has 2 N–H and O–H groups in total. The summed E-state index contributed by atoms with van der Waals surface area (Å²) < 4.78 is 5.39. The van der Waals surface area contributed by atoms with Gasteiger partial charge in [-0.25, -0.2) is 0 Å². The van der Waals surface area contributed by atoms with Gasteiger partial charge in [-0.3, -0.25) is 9.69 Å². The molecule has 2 aliphatic heterocycles. The third kappa shape index (κ3) is 3.95. The standard InChI is InChI=1S/C17H27N5O2/c23-17(14-4-1-7-18-14)19-9-12-3-2-8-22(10-12)11-15-20-16(21-24-15)13-5-6-13/h12-14,18H,1-11H2,(H,19,23). The van der Waals surface area contributed by atoms with E-state index in [9.17, 15) is 4.79 Å². The second-order valence-electron chi connectivity index (χ2n) is 7.46. The molecule has 3 aliphatic rings. The summed E-state index contributed by atoms with van der Waals surface area (Å²) >= 11 is 0. The van der Waals surface area contributed by atoms with Crippen molar-refractivity contribution in [2.45, 2.75) is 57.0 Å². The lowest BCUT2D eigenvalue weighted by Crippen LogP contribution is -2.45. The van der Waals surface area contributed by atoms with Gasteiger partial charge >= 0.3 is 0 Å². The SMILES string of the molecule is O=C(NCC1CCCN(Cc2nc(C3CC3)no2)C1)C1CCCN1. The third-order valence-electron chi connectivity index (χ3n) is 5.33. The largest absolute Gasteiger partial charge is 0.354 e. The van der Waals surface area contributed by atoms with Crippen molar-refractivity contribution in [1.29, 1.82) is 0 Å². The van der Waals surface area contributed by atoms with E-state index in [2.05, 4.69) is 25.7 Å². The minimum absolute atomic E-state index is 0.0175. The van der Waals surface area contributed by atoms with E-state index in [1.165, 1.54) is 19.3 Å². The lowest BCUT2D eigenvalue weighted by atomic mass is 9.98. The topological polar surface area (TPSA) is 83.3 Å². The zero-order valence-electron chi connectivity index (χ0n) is 14.2. The molecule has 7 heteroatoms. The number of nitrogens with zero attached hydrogens (tertiary/aromatic N) is 3. The van der Waals surface area contributed by atoms with Crippen molar-refractivity contribution in [2.24, 2.45) is 5.92 Å². The van der Waals surface area contributed by atoms with Crippen LogP contribution in [0, 0.1) is 5.92 Å². The Morgan fingerprint density at radius 1 is 1.29 bits per heavy atom. The Morgan fingerprint density at radius 2 is 2.21 bits per heavy atom. The van der Waals surface area contributed by atoms with Gasteiger partial charge in [0.05, 0.1) is 12.6 Å². The van der Waals surface area contributed by atoms with E-state index in [1.54, 1.807) is 0 Å². The Morgan fingerprint density at radius 3 is 3.00 bits per heavy atom. The first kappa shape index (κ1) is 16.0. The molecule has 3 fully saturated rings. The molecule has 1 aromatic heterocycles. The van der Waals surface area contributed by atoms with Crippen LogP contribution in [0.2, 0.25) is 0 Å². The van der Waals surface area contributed by atoms with Gasteiger partial charge in [-0.2, -0.15) is 4.98 Å². The smallest absolute Gasteiger partial charge is 0.240 e. The zero-order chi connectivity index (χ0) is 16.4. The number of aromatic nitrogens is 2. The Hall–Kier alpha value is -1.47. The van der Waals surface area contributed by atoms with Crippen molar-refractivity contribution in [3.63, 3.8) is 0 Å². The minimum Gasteiger partial charge on any atom is -0.354 e. The van der Waals surface area contributed by atoms with Crippen LogP contribution in [0.3, 0.4) is 0 Å². The molecule has 3 heterocycles. The zero-order valence-corrected chi connectivity index (χ0v) is 14.2. The monoisotopic (exact) mass is 333 g/mol. The van der Waals surface area contributed by atoms with Gasteiger partial charge in [0, 0.05) is 19.0 Å². The molecule has 1 aromatic rings. The van der Waals surface area contributed by atoms with E-state index < -0.39 is 0 Å². The number of likely N-dealkylation sites (tertiary alicyclic amines) is 1. The van der Waals surface area contributed by atoms with E-state index in [1.807, 2.05) is 0 Å². The molecule has 24 heavy (non-hydrogen) atoms. The van der Waals surface area contributed by atoms with Crippen molar-refractivity contribution in [2.75, 3.05) is 26.2 Å². The van der Waals surface area contributed by atoms with Gasteiger partial charge in [0.1, 0.15) is 0 Å². The molecular weight excluding hydrogens is 306 g/mol. The summed E-state index contributed by atoms with van der Waals surface area (Å²) in [6.45, 7) is 4.51. The second-order valence-corrected chi connectivity index (χ2v) is 7.46. The van der Waals surface area contributed by atoms with Gasteiger partial charge in [0.15, 0.2) is 5.82 Å². The number of amides is 1. The van der Waals surface area contributed by atoms with Crippen molar-refractivity contribution >= 4 is 5.91 Å². The summed E-state index contributed by atoms with van der Waals surface area (Å²) in [7, 11) is 0. The van der Waals surface area contributed by atoms with Crippen LogP contribution < -0.4 is 10.6 Å². The number of carbonyl (C=O) groups excluding carboxylic acids is 1. The van der Waals surface area contributed by atoms with Crippen molar-refractivity contribution < 1.29 is 9.32 Å². The quantitative estimate of drug-likeness (QED) is 0.809. The maximum Gasteiger partial charge on any atom is 0.240 e. The average molecular weight is 333 g/mol. The molecule has 7 nitrogen and oxygen atoms in total. The fourth-order valence-electron chi connectivity index (χ4n) is 3.77. The van der Waals surface area contributed by atoms with Gasteiger partial charge in [-0.05, 0) is 57.5 Å². The summed E-state index contributed by atoms with van der Waals surface area (Å²) in [5.41, 5.74) is 0. The van der Waals surface area contributed by atoms with E-state index >= 15 is 0 Å². The molecule has 132 valence electrons. The predicted molar refractivity (Wildman–Crippen MR) is 88.3 cm³/mol. The molecule has 0 radical (unpaired) electrons. The molecule has 1 amide bonds. The number of hydrogen-bond donors (Lipinski definition) is 2. The van der Waals surface area contributed by atoms with Crippen LogP contribution in [0.5, 0.6) is 0 Å². The summed E-state index contributed by atoms with van der Waals surface area (Å²) in [6, 6.07) is 0.0175. The third-order valence-corrected chi connectivity index (χ3v) is 5.33. The number of carbonyl (C=O) groups is 1. The molecule has 4 rings (SSSR count). The molecule has 2 saturated heterocycles. The van der Waals surface area contributed by atoms with Gasteiger partial charge in [-0.1, -0.05) is 5.16 Å². The van der Waals surface area contributed by atoms with Gasteiger partial charge < -0.3 is 15.2 Å². The highest BCUT2D eigenvalue weighted by molar-refractivity contribution is 5.81. The van der Waals surface area contributed by atoms with Crippen LogP contribution in [-0.4, -0.2) is 53.2 Å². The van der Waals surface area contributed by atoms with Crippen LogP contribution >= 0.6 is 0 Å². The van der Waals surface area contributed by atoms with Crippen molar-refractivity contribution in [3.05, 3.63) is 11.7 Å². The van der Waals surface area contributed by atoms with E-state index in [0.717, 1.165) is 63.7 Å². The van der Waals surface area contributed by atoms with Crippen molar-refractivity contribution in [3.8, 4) is 0 Å². The van der Waals surface area contributed by atoms with E-state index in [4.69, 9.17) is 4.52 Å². The molecule has 0 spiro atoms. The molecule has 1 aliphatic carbocycles. The maximum absolute atomic E-state index is 12.1. The van der Waals surface area contributed by atoms with Crippen LogP contribution in [0.1, 0.15) is 56.2 Å². The van der Waals surface area contributed by atoms with Gasteiger partial charge in [-0.15, -0.1) is 0 Å². The lowest BCUT2D eigenvalue weighted by Gasteiger charge is -2.32. The van der Waals surface area contributed by atoms with E-state index in [0.29, 0.717) is 11.8 Å². The van der Waals surface area contributed by atoms with Crippen LogP contribution in [-0.2, 0) is 11.3 Å². The molecule has 0 aromatic carbocycles. The molecule has 0 bridgehead atoms. The van der Waals surface area contributed by atoms with E-state index in [-0.39, 0.29) is 11.9 Å². The number of nitrogens with one attached hydrogen (secondary N) is 2. The van der Waals surface area contributed by atoms with Crippen LogP contribution in [0.15, 0.2) is 4.52 Å². The Kier molecular flexibility index (Phi) is 4.80. The summed E-state index contributed by atoms with van der Waals surface area (Å²) in [4.78, 5) is 19.0. The highest BCUT2D eigenvalue weighted by Gasteiger charge is 2.30. The Labute approximate surface area is 142 Å². The van der Waals surface area contributed by atoms with Crippen molar-refractivity contribution in [1.82, 2.24) is 25.7 Å². The first-order valence-electron chi connectivity index (χ1n) is 9.34. The molecule has 2 atom stereocenters. The number of hydrogen-bond acceptors (Lipinski definition) is 6. The van der Waals surface area contributed by atoms with Gasteiger partial charge in [0.2, 0.25) is 11.8 Å². The fourth-order valence-corrected chi connectivity index (χ4v) is 3.77. The van der Waals surface area contributed by atoms with Gasteiger partial charge in [0.25, 0.3) is 0 Å².